The van der Waals surface area contributed by atoms with Gasteiger partial charge in [0.05, 0.1) is 6.54 Å². The van der Waals surface area contributed by atoms with Gasteiger partial charge in [-0.25, -0.2) is 0 Å². The summed E-state index contributed by atoms with van der Waals surface area (Å²) in [5.74, 6) is -0.237. The fourth-order valence-corrected chi connectivity index (χ4v) is 2.16. The van der Waals surface area contributed by atoms with Crippen molar-refractivity contribution in [2.75, 3.05) is 39.3 Å². The van der Waals surface area contributed by atoms with Gasteiger partial charge in [-0.1, -0.05) is 6.92 Å². The van der Waals surface area contributed by atoms with Crippen molar-refractivity contribution in [1.29, 1.82) is 0 Å². The molecule has 19 heavy (non-hydrogen) atoms. The second-order valence-electron chi connectivity index (χ2n) is 5.14. The number of carbonyl (C=O) groups is 1. The number of hydrogen-bond acceptors (Lipinski definition) is 3. The molecule has 1 unspecified atom stereocenters. The van der Waals surface area contributed by atoms with Crippen molar-refractivity contribution in [3.63, 3.8) is 0 Å². The van der Waals surface area contributed by atoms with Crippen LogP contribution in [0.2, 0.25) is 0 Å². The average Bonchev–Trinajstić information content (AvgIpc) is 2.78. The van der Waals surface area contributed by atoms with Crippen molar-refractivity contribution < 1.29 is 18.0 Å². The standard InChI is InChI=1S/C12H22F3N3O/c1-10(8-18-4-2-3-5-18)6-16-7-11(19)17-9-12(13,14)15/h10,16H,2-9H2,1H3,(H,17,19). The summed E-state index contributed by atoms with van der Waals surface area (Å²) in [4.78, 5) is 13.5. The van der Waals surface area contributed by atoms with Crippen molar-refractivity contribution in [3.8, 4) is 0 Å². The lowest BCUT2D eigenvalue weighted by Crippen LogP contribution is -2.41. The van der Waals surface area contributed by atoms with Gasteiger partial charge in [0.15, 0.2) is 0 Å². The molecule has 1 aliphatic heterocycles. The number of amides is 1. The number of carbonyl (C=O) groups excluding carboxylic acids is 1. The molecule has 0 aliphatic carbocycles. The SMILES string of the molecule is CC(CNCC(=O)NCC(F)(F)F)CN1CCCC1. The Morgan fingerprint density at radius 3 is 2.53 bits per heavy atom. The molecule has 0 spiro atoms. The Kier molecular flexibility index (Phi) is 6.57. The Hall–Kier alpha value is -0.820. The lowest BCUT2D eigenvalue weighted by atomic mass is 10.1. The largest absolute Gasteiger partial charge is 0.405 e. The maximum Gasteiger partial charge on any atom is 0.405 e. The Labute approximate surface area is 111 Å². The minimum absolute atomic E-state index is 0.0690. The van der Waals surface area contributed by atoms with Crippen LogP contribution >= 0.6 is 0 Å². The van der Waals surface area contributed by atoms with E-state index in [0.29, 0.717) is 12.5 Å². The molecule has 1 atom stereocenters. The molecule has 0 aromatic heterocycles. The smallest absolute Gasteiger partial charge is 0.346 e. The summed E-state index contributed by atoms with van der Waals surface area (Å²) in [6.07, 6.45) is -1.88. The molecular weight excluding hydrogens is 259 g/mol. The van der Waals surface area contributed by atoms with E-state index in [1.807, 2.05) is 5.32 Å². The number of rotatable bonds is 7. The first kappa shape index (κ1) is 16.2. The van der Waals surface area contributed by atoms with Crippen LogP contribution in [-0.2, 0) is 4.79 Å². The van der Waals surface area contributed by atoms with Gasteiger partial charge in [-0.2, -0.15) is 13.2 Å². The second-order valence-corrected chi connectivity index (χ2v) is 5.14. The van der Waals surface area contributed by atoms with E-state index in [1.165, 1.54) is 12.8 Å². The van der Waals surface area contributed by atoms with E-state index in [4.69, 9.17) is 0 Å². The topological polar surface area (TPSA) is 44.4 Å². The first-order valence-electron chi connectivity index (χ1n) is 6.63. The fraction of sp³-hybridized carbons (Fsp3) is 0.917. The summed E-state index contributed by atoms with van der Waals surface area (Å²) in [5, 5.41) is 4.72. The number of alkyl halides is 3. The zero-order valence-electron chi connectivity index (χ0n) is 11.2. The lowest BCUT2D eigenvalue weighted by molar-refractivity contribution is -0.137. The van der Waals surface area contributed by atoms with Gasteiger partial charge in [-0.05, 0) is 38.4 Å². The van der Waals surface area contributed by atoms with Crippen LogP contribution in [-0.4, -0.2) is 56.3 Å². The summed E-state index contributed by atoms with van der Waals surface area (Å²) in [5.41, 5.74) is 0. The van der Waals surface area contributed by atoms with Gasteiger partial charge >= 0.3 is 6.18 Å². The van der Waals surface area contributed by atoms with Crippen LogP contribution in [0.1, 0.15) is 19.8 Å². The summed E-state index contributed by atoms with van der Waals surface area (Å²) in [6.45, 7) is 4.58. The second kappa shape index (κ2) is 7.69. The number of hydrogen-bond donors (Lipinski definition) is 2. The molecular formula is C12H22F3N3O. The van der Waals surface area contributed by atoms with Crippen LogP contribution in [0.25, 0.3) is 0 Å². The third-order valence-corrected chi connectivity index (χ3v) is 3.03. The van der Waals surface area contributed by atoms with Crippen LogP contribution < -0.4 is 10.6 Å². The molecule has 4 nitrogen and oxygen atoms in total. The normalized spacial score (nSPS) is 18.5. The fourth-order valence-electron chi connectivity index (χ4n) is 2.16. The van der Waals surface area contributed by atoms with Crippen LogP contribution in [0.15, 0.2) is 0 Å². The summed E-state index contributed by atoms with van der Waals surface area (Å²) in [7, 11) is 0. The van der Waals surface area contributed by atoms with Crippen molar-refractivity contribution >= 4 is 5.91 Å². The van der Waals surface area contributed by atoms with E-state index in [1.54, 1.807) is 0 Å². The highest BCUT2D eigenvalue weighted by atomic mass is 19.4. The van der Waals surface area contributed by atoms with Gasteiger partial charge in [-0.15, -0.1) is 0 Å². The molecule has 1 aliphatic rings. The van der Waals surface area contributed by atoms with Gasteiger partial charge in [0, 0.05) is 6.54 Å². The quantitative estimate of drug-likeness (QED) is 0.731. The molecule has 1 heterocycles. The predicted molar refractivity (Wildman–Crippen MR) is 66.8 cm³/mol. The van der Waals surface area contributed by atoms with Crippen LogP contribution in [0.5, 0.6) is 0 Å². The van der Waals surface area contributed by atoms with E-state index in [-0.39, 0.29) is 6.54 Å². The van der Waals surface area contributed by atoms with Crippen molar-refractivity contribution in [2.24, 2.45) is 5.92 Å². The van der Waals surface area contributed by atoms with E-state index in [0.717, 1.165) is 19.6 Å². The third-order valence-electron chi connectivity index (χ3n) is 3.03. The molecule has 7 heteroatoms. The van der Waals surface area contributed by atoms with Crippen molar-refractivity contribution in [3.05, 3.63) is 0 Å². The zero-order chi connectivity index (χ0) is 14.3. The van der Waals surface area contributed by atoms with Gasteiger partial charge in [0.2, 0.25) is 5.91 Å². The molecule has 1 rings (SSSR count). The predicted octanol–water partition coefficient (Wildman–Crippen LogP) is 0.986. The Bertz CT molecular complexity index is 278. The number of likely N-dealkylation sites (tertiary alicyclic amines) is 1. The van der Waals surface area contributed by atoms with Gasteiger partial charge in [0.1, 0.15) is 6.54 Å². The molecule has 2 N–H and O–H groups in total. The van der Waals surface area contributed by atoms with Crippen LogP contribution in [0.3, 0.4) is 0 Å². The molecule has 0 aromatic carbocycles. The highest BCUT2D eigenvalue weighted by molar-refractivity contribution is 5.77. The Morgan fingerprint density at radius 2 is 1.95 bits per heavy atom. The molecule has 0 saturated carbocycles. The Morgan fingerprint density at radius 1 is 1.32 bits per heavy atom. The van der Waals surface area contributed by atoms with E-state index >= 15 is 0 Å². The van der Waals surface area contributed by atoms with Crippen LogP contribution in [0.4, 0.5) is 13.2 Å². The average molecular weight is 281 g/mol. The highest BCUT2D eigenvalue weighted by Gasteiger charge is 2.27. The number of nitrogens with one attached hydrogen (secondary N) is 2. The number of nitrogens with zero attached hydrogens (tertiary/aromatic N) is 1. The van der Waals surface area contributed by atoms with Gasteiger partial charge < -0.3 is 15.5 Å². The first-order chi connectivity index (χ1) is 8.87. The molecule has 112 valence electrons. The maximum atomic E-state index is 11.9. The Balaban J connectivity index is 2.03. The monoisotopic (exact) mass is 281 g/mol. The van der Waals surface area contributed by atoms with Gasteiger partial charge in [0.25, 0.3) is 0 Å². The lowest BCUT2D eigenvalue weighted by Gasteiger charge is -2.20. The summed E-state index contributed by atoms with van der Waals surface area (Å²) in [6, 6.07) is 0. The summed E-state index contributed by atoms with van der Waals surface area (Å²) >= 11 is 0. The van der Waals surface area contributed by atoms with Crippen molar-refractivity contribution in [1.82, 2.24) is 15.5 Å². The molecule has 0 bridgehead atoms. The van der Waals surface area contributed by atoms with E-state index < -0.39 is 18.6 Å². The summed E-state index contributed by atoms with van der Waals surface area (Å²) < 4.78 is 35.6. The highest BCUT2D eigenvalue weighted by Crippen LogP contribution is 2.12. The minimum atomic E-state index is -4.35. The van der Waals surface area contributed by atoms with Gasteiger partial charge in [-0.3, -0.25) is 4.79 Å². The third kappa shape index (κ3) is 8.05. The first-order valence-corrected chi connectivity index (χ1v) is 6.63. The van der Waals surface area contributed by atoms with E-state index in [9.17, 15) is 18.0 Å². The zero-order valence-corrected chi connectivity index (χ0v) is 11.2. The number of halogens is 3. The minimum Gasteiger partial charge on any atom is -0.346 e. The van der Waals surface area contributed by atoms with E-state index in [2.05, 4.69) is 17.1 Å². The molecule has 1 saturated heterocycles. The molecule has 1 fully saturated rings. The molecule has 0 radical (unpaired) electrons. The van der Waals surface area contributed by atoms with Crippen molar-refractivity contribution in [2.45, 2.75) is 25.9 Å². The molecule has 1 amide bonds. The van der Waals surface area contributed by atoms with Crippen LogP contribution in [0, 0.1) is 5.92 Å². The molecule has 0 aromatic rings. The maximum absolute atomic E-state index is 11.9.